The molecule has 0 heterocycles. The SMILES string of the molecule is Cl.NC1CC(Oc2ccc(OC(F)F)c(F)c2)C1. The van der Waals surface area contributed by atoms with Gasteiger partial charge >= 0.3 is 6.61 Å². The molecule has 102 valence electrons. The van der Waals surface area contributed by atoms with Crippen LogP contribution < -0.4 is 15.2 Å². The van der Waals surface area contributed by atoms with Crippen LogP contribution in [0.2, 0.25) is 0 Å². The number of hydrogen-bond donors (Lipinski definition) is 1. The summed E-state index contributed by atoms with van der Waals surface area (Å²) in [5, 5.41) is 0. The van der Waals surface area contributed by atoms with Crippen LogP contribution >= 0.6 is 12.4 Å². The molecular formula is C11H13ClF3NO2. The van der Waals surface area contributed by atoms with E-state index in [1.165, 1.54) is 6.07 Å². The summed E-state index contributed by atoms with van der Waals surface area (Å²) in [6.45, 7) is -3.04. The van der Waals surface area contributed by atoms with Gasteiger partial charge in [0, 0.05) is 12.1 Å². The Morgan fingerprint density at radius 2 is 1.94 bits per heavy atom. The number of benzene rings is 1. The Labute approximate surface area is 108 Å². The Bertz CT molecular complexity index is 400. The van der Waals surface area contributed by atoms with Gasteiger partial charge in [0.05, 0.1) is 0 Å². The topological polar surface area (TPSA) is 44.5 Å². The minimum Gasteiger partial charge on any atom is -0.490 e. The van der Waals surface area contributed by atoms with E-state index in [2.05, 4.69) is 4.74 Å². The van der Waals surface area contributed by atoms with Crippen LogP contribution in [0.5, 0.6) is 11.5 Å². The largest absolute Gasteiger partial charge is 0.490 e. The zero-order valence-corrected chi connectivity index (χ0v) is 10.1. The number of hydrogen-bond acceptors (Lipinski definition) is 3. The number of halogens is 4. The highest BCUT2D eigenvalue weighted by molar-refractivity contribution is 5.85. The molecule has 1 aliphatic carbocycles. The fourth-order valence-electron chi connectivity index (χ4n) is 1.64. The van der Waals surface area contributed by atoms with Crippen LogP contribution in [0.3, 0.4) is 0 Å². The first-order valence-electron chi connectivity index (χ1n) is 5.21. The van der Waals surface area contributed by atoms with E-state index >= 15 is 0 Å². The number of alkyl halides is 2. The molecule has 2 N–H and O–H groups in total. The van der Waals surface area contributed by atoms with Crippen LogP contribution in [0.1, 0.15) is 12.8 Å². The van der Waals surface area contributed by atoms with Gasteiger partial charge in [0.1, 0.15) is 11.9 Å². The molecule has 1 saturated carbocycles. The smallest absolute Gasteiger partial charge is 0.387 e. The molecule has 0 atom stereocenters. The van der Waals surface area contributed by atoms with E-state index in [-0.39, 0.29) is 24.6 Å². The fourth-order valence-corrected chi connectivity index (χ4v) is 1.64. The molecule has 0 aromatic heterocycles. The molecule has 1 aromatic carbocycles. The monoisotopic (exact) mass is 283 g/mol. The zero-order valence-electron chi connectivity index (χ0n) is 9.31. The van der Waals surface area contributed by atoms with Gasteiger partial charge in [-0.3, -0.25) is 0 Å². The van der Waals surface area contributed by atoms with Crippen molar-refractivity contribution in [3.8, 4) is 11.5 Å². The van der Waals surface area contributed by atoms with Crippen molar-refractivity contribution < 1.29 is 22.6 Å². The third-order valence-electron chi connectivity index (χ3n) is 2.55. The maximum atomic E-state index is 13.3. The number of ether oxygens (including phenoxy) is 2. The van der Waals surface area contributed by atoms with Crippen molar-refractivity contribution in [1.82, 2.24) is 0 Å². The van der Waals surface area contributed by atoms with Crippen molar-refractivity contribution in [3.63, 3.8) is 0 Å². The van der Waals surface area contributed by atoms with Crippen molar-refractivity contribution in [2.45, 2.75) is 31.6 Å². The molecule has 1 aliphatic rings. The summed E-state index contributed by atoms with van der Waals surface area (Å²) in [6.07, 6.45) is 1.42. The van der Waals surface area contributed by atoms with Crippen LogP contribution in [-0.4, -0.2) is 18.8 Å². The van der Waals surface area contributed by atoms with Gasteiger partial charge in [-0.25, -0.2) is 4.39 Å². The average molecular weight is 284 g/mol. The van der Waals surface area contributed by atoms with E-state index in [0.29, 0.717) is 5.75 Å². The van der Waals surface area contributed by atoms with E-state index < -0.39 is 18.2 Å². The molecule has 0 aliphatic heterocycles. The summed E-state index contributed by atoms with van der Waals surface area (Å²) in [5.41, 5.74) is 5.57. The Kier molecular flexibility index (Phi) is 5.10. The van der Waals surface area contributed by atoms with Gasteiger partial charge in [0.25, 0.3) is 0 Å². The molecule has 0 unspecified atom stereocenters. The van der Waals surface area contributed by atoms with E-state index in [9.17, 15) is 13.2 Å². The summed E-state index contributed by atoms with van der Waals surface area (Å²) < 4.78 is 46.4. The summed E-state index contributed by atoms with van der Waals surface area (Å²) in [6, 6.07) is 3.67. The van der Waals surface area contributed by atoms with Crippen LogP contribution in [0.25, 0.3) is 0 Å². The Hall–Kier alpha value is -1.14. The number of nitrogens with two attached hydrogens (primary N) is 1. The van der Waals surface area contributed by atoms with E-state index in [1.807, 2.05) is 0 Å². The maximum Gasteiger partial charge on any atom is 0.387 e. The van der Waals surface area contributed by atoms with Gasteiger partial charge in [-0.1, -0.05) is 0 Å². The third kappa shape index (κ3) is 3.68. The lowest BCUT2D eigenvalue weighted by molar-refractivity contribution is -0.0522. The first-order chi connectivity index (χ1) is 8.04. The highest BCUT2D eigenvalue weighted by Crippen LogP contribution is 2.28. The lowest BCUT2D eigenvalue weighted by atomic mass is 9.90. The van der Waals surface area contributed by atoms with Crippen molar-refractivity contribution >= 4 is 12.4 Å². The Morgan fingerprint density at radius 3 is 2.44 bits per heavy atom. The molecule has 18 heavy (non-hydrogen) atoms. The second-order valence-electron chi connectivity index (χ2n) is 3.94. The molecule has 0 saturated heterocycles. The lowest BCUT2D eigenvalue weighted by Crippen LogP contribution is -2.43. The molecule has 2 rings (SSSR count). The minimum absolute atomic E-state index is 0. The summed E-state index contributed by atoms with van der Waals surface area (Å²) in [7, 11) is 0. The molecule has 0 amide bonds. The van der Waals surface area contributed by atoms with Gasteiger partial charge in [0.15, 0.2) is 11.6 Å². The highest BCUT2D eigenvalue weighted by atomic mass is 35.5. The average Bonchev–Trinajstić information content (AvgIpc) is 2.19. The summed E-state index contributed by atoms with van der Waals surface area (Å²) >= 11 is 0. The zero-order chi connectivity index (χ0) is 12.4. The van der Waals surface area contributed by atoms with Crippen molar-refractivity contribution in [1.29, 1.82) is 0 Å². The lowest BCUT2D eigenvalue weighted by Gasteiger charge is -2.32. The van der Waals surface area contributed by atoms with Gasteiger partial charge in [-0.2, -0.15) is 8.78 Å². The first kappa shape index (κ1) is 14.9. The molecule has 3 nitrogen and oxygen atoms in total. The van der Waals surface area contributed by atoms with Gasteiger partial charge < -0.3 is 15.2 Å². The first-order valence-corrected chi connectivity index (χ1v) is 5.21. The molecule has 1 fully saturated rings. The maximum absolute atomic E-state index is 13.3. The quantitative estimate of drug-likeness (QED) is 0.924. The fraction of sp³-hybridized carbons (Fsp3) is 0.455. The van der Waals surface area contributed by atoms with Crippen LogP contribution in [-0.2, 0) is 0 Å². The molecule has 0 spiro atoms. The Morgan fingerprint density at radius 1 is 1.28 bits per heavy atom. The second kappa shape index (κ2) is 6.15. The molecule has 7 heteroatoms. The molecule has 1 aromatic rings. The molecule has 0 radical (unpaired) electrons. The van der Waals surface area contributed by atoms with Gasteiger partial charge in [-0.05, 0) is 25.0 Å². The Balaban J connectivity index is 0.00000162. The normalized spacial score (nSPS) is 22.1. The van der Waals surface area contributed by atoms with E-state index in [4.69, 9.17) is 10.5 Å². The summed E-state index contributed by atoms with van der Waals surface area (Å²) in [5.74, 6) is -1.06. The minimum atomic E-state index is -3.04. The van der Waals surface area contributed by atoms with Crippen LogP contribution in [0.4, 0.5) is 13.2 Å². The van der Waals surface area contributed by atoms with Crippen molar-refractivity contribution in [2.24, 2.45) is 5.73 Å². The molecule has 0 bridgehead atoms. The standard InChI is InChI=1S/C11H12F3NO2.ClH/c12-9-5-7(16-8-3-6(15)4-8)1-2-10(9)17-11(13)14;/h1-2,5-6,8,11H,3-4,15H2;1H. The van der Waals surface area contributed by atoms with Crippen molar-refractivity contribution in [3.05, 3.63) is 24.0 Å². The van der Waals surface area contributed by atoms with Crippen molar-refractivity contribution in [2.75, 3.05) is 0 Å². The number of rotatable bonds is 4. The van der Waals surface area contributed by atoms with Gasteiger partial charge in [-0.15, -0.1) is 12.4 Å². The predicted molar refractivity (Wildman–Crippen MR) is 61.9 cm³/mol. The van der Waals surface area contributed by atoms with Gasteiger partial charge in [0.2, 0.25) is 0 Å². The van der Waals surface area contributed by atoms with E-state index in [1.54, 1.807) is 0 Å². The van der Waals surface area contributed by atoms with Crippen LogP contribution in [0.15, 0.2) is 18.2 Å². The second-order valence-corrected chi connectivity index (χ2v) is 3.94. The third-order valence-corrected chi connectivity index (χ3v) is 2.55. The van der Waals surface area contributed by atoms with Crippen LogP contribution in [0, 0.1) is 5.82 Å². The molecular weight excluding hydrogens is 271 g/mol. The summed E-state index contributed by atoms with van der Waals surface area (Å²) in [4.78, 5) is 0. The predicted octanol–water partition coefficient (Wildman–Crippen LogP) is 2.72. The van der Waals surface area contributed by atoms with E-state index in [0.717, 1.165) is 25.0 Å². The highest BCUT2D eigenvalue weighted by Gasteiger charge is 2.27.